The Labute approximate surface area is 196 Å². The minimum atomic E-state index is -0.468. The number of ether oxygens (including phenoxy) is 1. The van der Waals surface area contributed by atoms with Crippen molar-refractivity contribution in [2.24, 2.45) is 0 Å². The van der Waals surface area contributed by atoms with Gasteiger partial charge in [0.25, 0.3) is 11.8 Å². The Morgan fingerprint density at radius 1 is 0.706 bits per heavy atom. The fourth-order valence-corrected chi connectivity index (χ4v) is 3.32. The zero-order valence-electron chi connectivity index (χ0n) is 18.9. The van der Waals surface area contributed by atoms with Crippen LogP contribution in [0.25, 0.3) is 11.0 Å². The van der Waals surface area contributed by atoms with Crippen molar-refractivity contribution in [2.75, 3.05) is 10.6 Å². The number of benzene rings is 3. The first-order valence-corrected chi connectivity index (χ1v) is 10.5. The molecule has 34 heavy (non-hydrogen) atoms. The van der Waals surface area contributed by atoms with E-state index in [-0.39, 0.29) is 17.6 Å². The first-order valence-electron chi connectivity index (χ1n) is 10.5. The van der Waals surface area contributed by atoms with Crippen LogP contribution < -0.4 is 15.4 Å². The number of aromatic nitrogens is 2. The fourth-order valence-electron chi connectivity index (χ4n) is 3.32. The molecule has 0 radical (unpaired) electrons. The van der Waals surface area contributed by atoms with Crippen LogP contribution in [-0.2, 0) is 4.79 Å². The lowest BCUT2D eigenvalue weighted by Gasteiger charge is -2.10. The molecule has 2 N–H and O–H groups in total. The summed E-state index contributed by atoms with van der Waals surface area (Å²) in [6.07, 6.45) is 0. The second-order valence-corrected chi connectivity index (χ2v) is 7.71. The average molecular weight is 454 g/mol. The molecule has 170 valence electrons. The van der Waals surface area contributed by atoms with Gasteiger partial charge >= 0.3 is 5.97 Å². The summed E-state index contributed by atoms with van der Waals surface area (Å²) in [5.74, 6) is -0.868. The number of hydrogen-bond donors (Lipinski definition) is 2. The molecule has 4 rings (SSSR count). The maximum Gasteiger partial charge on any atom is 0.308 e. The SMILES string of the molecule is CC(=O)Oc1cccc(C(=O)Nc2cccc(NC(=O)c3ccc4nc(C)c(C)nc4c3)c2)c1. The highest BCUT2D eigenvalue weighted by Crippen LogP contribution is 2.20. The Balaban J connectivity index is 1.48. The number of nitrogens with one attached hydrogen (secondary N) is 2. The van der Waals surface area contributed by atoms with E-state index in [1.807, 2.05) is 13.8 Å². The molecule has 0 aliphatic heterocycles. The monoisotopic (exact) mass is 454 g/mol. The lowest BCUT2D eigenvalue weighted by atomic mass is 10.1. The Bertz CT molecular complexity index is 1430. The van der Waals surface area contributed by atoms with Crippen molar-refractivity contribution >= 4 is 40.2 Å². The third-order valence-corrected chi connectivity index (χ3v) is 5.07. The first kappa shape index (κ1) is 22.6. The van der Waals surface area contributed by atoms with Gasteiger partial charge in [-0.05, 0) is 68.4 Å². The normalized spacial score (nSPS) is 10.6. The third kappa shape index (κ3) is 5.24. The van der Waals surface area contributed by atoms with E-state index >= 15 is 0 Å². The summed E-state index contributed by atoms with van der Waals surface area (Å²) in [5, 5.41) is 5.62. The molecule has 8 heteroatoms. The summed E-state index contributed by atoms with van der Waals surface area (Å²) in [5.41, 5.74) is 4.82. The van der Waals surface area contributed by atoms with Gasteiger partial charge in [-0.3, -0.25) is 14.4 Å². The van der Waals surface area contributed by atoms with Gasteiger partial charge in [-0.2, -0.15) is 0 Å². The van der Waals surface area contributed by atoms with Gasteiger partial charge in [0.1, 0.15) is 5.75 Å². The van der Waals surface area contributed by atoms with Crippen LogP contribution in [0.3, 0.4) is 0 Å². The van der Waals surface area contributed by atoms with Crippen LogP contribution in [0.15, 0.2) is 66.7 Å². The number of esters is 1. The maximum atomic E-state index is 12.8. The lowest BCUT2D eigenvalue weighted by Crippen LogP contribution is -2.14. The van der Waals surface area contributed by atoms with Crippen molar-refractivity contribution in [1.29, 1.82) is 0 Å². The summed E-state index contributed by atoms with van der Waals surface area (Å²) in [4.78, 5) is 45.6. The molecule has 0 aliphatic carbocycles. The number of hydrogen-bond acceptors (Lipinski definition) is 6. The standard InChI is InChI=1S/C26H22N4O4/c1-15-16(2)28-24-13-19(10-11-23(24)27-15)26(33)30-21-8-5-7-20(14-21)29-25(32)18-6-4-9-22(12-18)34-17(3)31/h4-14H,1-3H3,(H,29,32)(H,30,33). The second kappa shape index (κ2) is 9.50. The quantitative estimate of drug-likeness (QED) is 0.335. The third-order valence-electron chi connectivity index (χ3n) is 5.07. The largest absolute Gasteiger partial charge is 0.427 e. The summed E-state index contributed by atoms with van der Waals surface area (Å²) < 4.78 is 5.02. The summed E-state index contributed by atoms with van der Waals surface area (Å²) in [6, 6.07) is 18.3. The van der Waals surface area contributed by atoms with Gasteiger partial charge in [-0.15, -0.1) is 0 Å². The van der Waals surface area contributed by atoms with E-state index in [0.717, 1.165) is 16.9 Å². The topological polar surface area (TPSA) is 110 Å². The molecule has 3 aromatic carbocycles. The minimum Gasteiger partial charge on any atom is -0.427 e. The average Bonchev–Trinajstić information content (AvgIpc) is 2.79. The van der Waals surface area contributed by atoms with Gasteiger partial charge in [0, 0.05) is 29.4 Å². The number of carbonyl (C=O) groups excluding carboxylic acids is 3. The Morgan fingerprint density at radius 2 is 1.29 bits per heavy atom. The van der Waals surface area contributed by atoms with E-state index in [4.69, 9.17) is 4.74 Å². The van der Waals surface area contributed by atoms with Crippen LogP contribution in [0.5, 0.6) is 5.75 Å². The Morgan fingerprint density at radius 3 is 1.94 bits per heavy atom. The predicted octanol–water partition coefficient (Wildman–Crippen LogP) is 4.68. The Hall–Kier alpha value is -4.59. The van der Waals surface area contributed by atoms with Crippen molar-refractivity contribution in [3.05, 3.63) is 89.2 Å². The molecule has 0 aliphatic rings. The molecule has 8 nitrogen and oxygen atoms in total. The molecule has 1 aromatic heterocycles. The maximum absolute atomic E-state index is 12.8. The summed E-state index contributed by atoms with van der Waals surface area (Å²) in [7, 11) is 0. The van der Waals surface area contributed by atoms with Crippen LogP contribution in [-0.4, -0.2) is 27.8 Å². The number of rotatable bonds is 5. The van der Waals surface area contributed by atoms with E-state index in [9.17, 15) is 14.4 Å². The lowest BCUT2D eigenvalue weighted by molar-refractivity contribution is -0.131. The number of carbonyl (C=O) groups is 3. The number of anilines is 2. The smallest absolute Gasteiger partial charge is 0.308 e. The van der Waals surface area contributed by atoms with E-state index < -0.39 is 5.97 Å². The molecule has 0 unspecified atom stereocenters. The van der Waals surface area contributed by atoms with Crippen LogP contribution in [0.4, 0.5) is 11.4 Å². The second-order valence-electron chi connectivity index (χ2n) is 7.71. The van der Waals surface area contributed by atoms with Gasteiger partial charge in [0.05, 0.1) is 22.4 Å². The van der Waals surface area contributed by atoms with Crippen molar-refractivity contribution < 1.29 is 19.1 Å². The summed E-state index contributed by atoms with van der Waals surface area (Å²) in [6.45, 7) is 5.06. The summed E-state index contributed by atoms with van der Waals surface area (Å²) >= 11 is 0. The molecule has 1 heterocycles. The molecule has 4 aromatic rings. The van der Waals surface area contributed by atoms with Crippen molar-refractivity contribution in [3.63, 3.8) is 0 Å². The van der Waals surface area contributed by atoms with E-state index in [0.29, 0.717) is 28.0 Å². The van der Waals surface area contributed by atoms with Crippen molar-refractivity contribution in [2.45, 2.75) is 20.8 Å². The van der Waals surface area contributed by atoms with Gasteiger partial charge in [0.2, 0.25) is 0 Å². The predicted molar refractivity (Wildman–Crippen MR) is 129 cm³/mol. The van der Waals surface area contributed by atoms with Crippen LogP contribution in [0.2, 0.25) is 0 Å². The zero-order chi connectivity index (χ0) is 24.2. The first-order chi connectivity index (χ1) is 16.3. The van der Waals surface area contributed by atoms with Crippen LogP contribution in [0.1, 0.15) is 39.0 Å². The molecule has 0 saturated carbocycles. The Kier molecular flexibility index (Phi) is 6.31. The highest BCUT2D eigenvalue weighted by atomic mass is 16.5. The van der Waals surface area contributed by atoms with Crippen LogP contribution >= 0.6 is 0 Å². The van der Waals surface area contributed by atoms with Gasteiger partial charge in [-0.25, -0.2) is 9.97 Å². The van der Waals surface area contributed by atoms with Gasteiger partial charge < -0.3 is 15.4 Å². The highest BCUT2D eigenvalue weighted by Gasteiger charge is 2.12. The van der Waals surface area contributed by atoms with Crippen LogP contribution in [0, 0.1) is 13.8 Å². The van der Waals surface area contributed by atoms with Crippen molar-refractivity contribution in [3.8, 4) is 5.75 Å². The number of aryl methyl sites for hydroxylation is 2. The molecule has 0 fully saturated rings. The molecule has 0 atom stereocenters. The van der Waals surface area contributed by atoms with E-state index in [1.54, 1.807) is 60.7 Å². The molecule has 0 spiro atoms. The number of amides is 2. The van der Waals surface area contributed by atoms with Gasteiger partial charge in [0.15, 0.2) is 0 Å². The number of nitrogens with zero attached hydrogens (tertiary/aromatic N) is 2. The van der Waals surface area contributed by atoms with Crippen molar-refractivity contribution in [1.82, 2.24) is 9.97 Å². The molecule has 2 amide bonds. The molecular weight excluding hydrogens is 432 g/mol. The van der Waals surface area contributed by atoms with Gasteiger partial charge in [-0.1, -0.05) is 12.1 Å². The number of fused-ring (bicyclic) bond motifs is 1. The highest BCUT2D eigenvalue weighted by molar-refractivity contribution is 6.07. The fraction of sp³-hybridized carbons (Fsp3) is 0.115. The minimum absolute atomic E-state index is 0.284. The van der Waals surface area contributed by atoms with E-state index in [1.165, 1.54) is 13.0 Å². The molecular formula is C26H22N4O4. The molecule has 0 bridgehead atoms. The van der Waals surface area contributed by atoms with E-state index in [2.05, 4.69) is 20.6 Å². The molecule has 0 saturated heterocycles. The zero-order valence-corrected chi connectivity index (χ0v) is 18.9.